The molecular formula is C13H14Cl3N3OS. The third kappa shape index (κ3) is 3.86. The Morgan fingerprint density at radius 1 is 1.19 bits per heavy atom. The van der Waals surface area contributed by atoms with Gasteiger partial charge in [0.2, 0.25) is 5.88 Å². The van der Waals surface area contributed by atoms with E-state index in [2.05, 4.69) is 10.3 Å². The van der Waals surface area contributed by atoms with Crippen molar-refractivity contribution in [3.8, 4) is 5.88 Å². The lowest BCUT2D eigenvalue weighted by Crippen LogP contribution is -2.07. The van der Waals surface area contributed by atoms with Crippen LogP contribution in [-0.2, 0) is 6.54 Å². The molecule has 0 bridgehead atoms. The van der Waals surface area contributed by atoms with E-state index in [4.69, 9.17) is 39.5 Å². The topological polar surface area (TPSA) is 37.4 Å². The standard InChI is InChI=1S/C13H14Cl3N3OS/c1-19(2)13-18-12(20-3)11(21-13)6-17-10-5-8(15)7(14)4-9(10)16/h4-5,17H,6H2,1-3H3. The summed E-state index contributed by atoms with van der Waals surface area (Å²) in [7, 11) is 5.47. The molecule has 114 valence electrons. The van der Waals surface area contributed by atoms with Gasteiger partial charge in [-0.2, -0.15) is 4.98 Å². The first-order chi connectivity index (χ1) is 9.92. The largest absolute Gasteiger partial charge is 0.480 e. The fourth-order valence-electron chi connectivity index (χ4n) is 1.62. The second-order valence-corrected chi connectivity index (χ2v) is 6.71. The molecule has 2 rings (SSSR count). The van der Waals surface area contributed by atoms with Crippen LogP contribution >= 0.6 is 46.1 Å². The number of aromatic nitrogens is 1. The molecule has 1 aromatic heterocycles. The Morgan fingerprint density at radius 3 is 2.48 bits per heavy atom. The highest BCUT2D eigenvalue weighted by Crippen LogP contribution is 2.34. The molecule has 0 amide bonds. The van der Waals surface area contributed by atoms with Crippen LogP contribution in [0.1, 0.15) is 4.88 Å². The van der Waals surface area contributed by atoms with Gasteiger partial charge < -0.3 is 15.0 Å². The van der Waals surface area contributed by atoms with Crippen molar-refractivity contribution in [2.75, 3.05) is 31.4 Å². The number of hydrogen-bond acceptors (Lipinski definition) is 5. The molecule has 0 saturated carbocycles. The van der Waals surface area contributed by atoms with Crippen molar-refractivity contribution in [3.63, 3.8) is 0 Å². The summed E-state index contributed by atoms with van der Waals surface area (Å²) in [6, 6.07) is 3.32. The van der Waals surface area contributed by atoms with Crippen LogP contribution in [0.15, 0.2) is 12.1 Å². The van der Waals surface area contributed by atoms with Crippen LogP contribution in [0.25, 0.3) is 0 Å². The minimum Gasteiger partial charge on any atom is -0.480 e. The van der Waals surface area contributed by atoms with Crippen molar-refractivity contribution in [1.29, 1.82) is 0 Å². The molecule has 21 heavy (non-hydrogen) atoms. The van der Waals surface area contributed by atoms with Crippen molar-refractivity contribution < 1.29 is 4.74 Å². The molecule has 0 radical (unpaired) electrons. The van der Waals surface area contributed by atoms with Gasteiger partial charge in [-0.1, -0.05) is 46.1 Å². The number of halogens is 3. The highest BCUT2D eigenvalue weighted by atomic mass is 35.5. The SMILES string of the molecule is COc1nc(N(C)C)sc1CNc1cc(Cl)c(Cl)cc1Cl. The maximum atomic E-state index is 6.14. The van der Waals surface area contributed by atoms with Gasteiger partial charge in [0.25, 0.3) is 0 Å². The van der Waals surface area contributed by atoms with E-state index >= 15 is 0 Å². The molecule has 0 saturated heterocycles. The number of thiazole rings is 1. The quantitative estimate of drug-likeness (QED) is 0.772. The van der Waals surface area contributed by atoms with E-state index in [0.717, 1.165) is 10.0 Å². The van der Waals surface area contributed by atoms with E-state index in [1.165, 1.54) is 0 Å². The molecule has 0 aliphatic carbocycles. The number of anilines is 2. The molecule has 0 fully saturated rings. The molecule has 1 N–H and O–H groups in total. The Hall–Kier alpha value is -0.880. The number of methoxy groups -OCH3 is 1. The summed E-state index contributed by atoms with van der Waals surface area (Å²) < 4.78 is 5.29. The monoisotopic (exact) mass is 365 g/mol. The predicted octanol–water partition coefficient (Wildman–Crippen LogP) is 4.79. The van der Waals surface area contributed by atoms with E-state index in [0.29, 0.717) is 33.2 Å². The van der Waals surface area contributed by atoms with Gasteiger partial charge in [0.15, 0.2) is 5.13 Å². The molecule has 8 heteroatoms. The summed E-state index contributed by atoms with van der Waals surface area (Å²) in [6.07, 6.45) is 0. The third-order valence-electron chi connectivity index (χ3n) is 2.68. The van der Waals surface area contributed by atoms with Crippen molar-refractivity contribution in [2.24, 2.45) is 0 Å². The number of benzene rings is 1. The summed E-state index contributed by atoms with van der Waals surface area (Å²) in [4.78, 5) is 7.31. The number of hydrogen-bond donors (Lipinski definition) is 1. The molecule has 1 heterocycles. The van der Waals surface area contributed by atoms with Crippen LogP contribution < -0.4 is 15.0 Å². The van der Waals surface area contributed by atoms with Crippen LogP contribution in [0.3, 0.4) is 0 Å². The molecule has 1 aromatic carbocycles. The lowest BCUT2D eigenvalue weighted by molar-refractivity contribution is 0.397. The summed E-state index contributed by atoms with van der Waals surface area (Å²) in [5, 5.41) is 5.50. The fourth-order valence-corrected chi connectivity index (χ4v) is 3.13. The zero-order chi connectivity index (χ0) is 15.6. The molecule has 4 nitrogen and oxygen atoms in total. The lowest BCUT2D eigenvalue weighted by Gasteiger charge is -2.09. The van der Waals surface area contributed by atoms with Crippen molar-refractivity contribution in [1.82, 2.24) is 4.98 Å². The van der Waals surface area contributed by atoms with Gasteiger partial charge in [-0.05, 0) is 12.1 Å². The smallest absolute Gasteiger partial charge is 0.231 e. The Morgan fingerprint density at radius 2 is 1.86 bits per heavy atom. The second kappa shape index (κ2) is 6.92. The van der Waals surface area contributed by atoms with Gasteiger partial charge in [0.05, 0.1) is 39.3 Å². The zero-order valence-corrected chi connectivity index (χ0v) is 14.8. The van der Waals surface area contributed by atoms with Gasteiger partial charge in [0.1, 0.15) is 0 Å². The molecule has 2 aromatic rings. The first-order valence-corrected chi connectivity index (χ1v) is 7.97. The summed E-state index contributed by atoms with van der Waals surface area (Å²) in [5.41, 5.74) is 0.716. The van der Waals surface area contributed by atoms with Crippen LogP contribution in [-0.4, -0.2) is 26.2 Å². The van der Waals surface area contributed by atoms with E-state index in [9.17, 15) is 0 Å². The number of nitrogens with zero attached hydrogens (tertiary/aromatic N) is 2. The van der Waals surface area contributed by atoms with Crippen LogP contribution in [0.2, 0.25) is 15.1 Å². The van der Waals surface area contributed by atoms with Gasteiger partial charge in [0, 0.05) is 14.1 Å². The second-order valence-electron chi connectivity index (χ2n) is 4.42. The van der Waals surface area contributed by atoms with E-state index in [-0.39, 0.29) is 0 Å². The lowest BCUT2D eigenvalue weighted by atomic mass is 10.3. The molecule has 0 atom stereocenters. The van der Waals surface area contributed by atoms with Crippen molar-refractivity contribution in [3.05, 3.63) is 32.1 Å². The Kier molecular flexibility index (Phi) is 5.43. The summed E-state index contributed by atoms with van der Waals surface area (Å²) in [5.74, 6) is 0.604. The minimum atomic E-state index is 0.428. The van der Waals surface area contributed by atoms with E-state index in [1.807, 2.05) is 19.0 Å². The molecule has 0 aliphatic heterocycles. The maximum Gasteiger partial charge on any atom is 0.231 e. The van der Waals surface area contributed by atoms with E-state index in [1.54, 1.807) is 30.6 Å². The van der Waals surface area contributed by atoms with Crippen molar-refractivity contribution in [2.45, 2.75) is 6.54 Å². The van der Waals surface area contributed by atoms with Crippen LogP contribution in [0.5, 0.6) is 5.88 Å². The maximum absolute atomic E-state index is 6.14. The fraction of sp³-hybridized carbons (Fsp3) is 0.308. The average molecular weight is 367 g/mol. The Balaban J connectivity index is 2.18. The number of nitrogens with one attached hydrogen (secondary N) is 1. The molecular weight excluding hydrogens is 353 g/mol. The highest BCUT2D eigenvalue weighted by Gasteiger charge is 2.14. The average Bonchev–Trinajstić information content (AvgIpc) is 2.85. The molecule has 0 aliphatic rings. The molecule has 0 spiro atoms. The predicted molar refractivity (Wildman–Crippen MR) is 91.8 cm³/mol. The molecule has 0 unspecified atom stereocenters. The zero-order valence-electron chi connectivity index (χ0n) is 11.7. The van der Waals surface area contributed by atoms with Crippen LogP contribution in [0.4, 0.5) is 10.8 Å². The van der Waals surface area contributed by atoms with Gasteiger partial charge in [-0.3, -0.25) is 0 Å². The van der Waals surface area contributed by atoms with E-state index < -0.39 is 0 Å². The number of ether oxygens (including phenoxy) is 1. The van der Waals surface area contributed by atoms with Crippen molar-refractivity contribution >= 4 is 57.0 Å². The van der Waals surface area contributed by atoms with Gasteiger partial charge in [-0.15, -0.1) is 0 Å². The Bertz CT molecular complexity index is 646. The third-order valence-corrected chi connectivity index (χ3v) is 4.91. The summed E-state index contributed by atoms with van der Waals surface area (Å²) in [6.45, 7) is 0.534. The normalized spacial score (nSPS) is 10.6. The first-order valence-electron chi connectivity index (χ1n) is 6.01. The summed E-state index contributed by atoms with van der Waals surface area (Å²) >= 11 is 19.6. The first kappa shape index (κ1) is 16.5. The highest BCUT2D eigenvalue weighted by molar-refractivity contribution is 7.15. The minimum absolute atomic E-state index is 0.428. The number of rotatable bonds is 5. The van der Waals surface area contributed by atoms with Gasteiger partial charge in [-0.25, -0.2) is 0 Å². The Labute approximate surface area is 142 Å². The van der Waals surface area contributed by atoms with Gasteiger partial charge >= 0.3 is 0 Å². The van der Waals surface area contributed by atoms with Crippen LogP contribution in [0, 0.1) is 0 Å².